The van der Waals surface area contributed by atoms with E-state index in [9.17, 15) is 4.39 Å². The minimum atomic E-state index is -0.335. The fraction of sp³-hybridized carbons (Fsp3) is 0.375. The molecule has 4 heteroatoms. The summed E-state index contributed by atoms with van der Waals surface area (Å²) in [6.45, 7) is 3.87. The monoisotopic (exact) mass is 232 g/mol. The van der Waals surface area contributed by atoms with Crippen molar-refractivity contribution in [2.75, 3.05) is 5.32 Å². The molecule has 0 saturated heterocycles. The van der Waals surface area contributed by atoms with E-state index < -0.39 is 0 Å². The van der Waals surface area contributed by atoms with Gasteiger partial charge in [0.1, 0.15) is 0 Å². The molecule has 0 radical (unpaired) electrons. The minimum Gasteiger partial charge on any atom is -0.365 e. The molecule has 0 aromatic carbocycles. The molecule has 1 aromatic rings. The van der Waals surface area contributed by atoms with Crippen molar-refractivity contribution in [3.8, 4) is 0 Å². The lowest BCUT2D eigenvalue weighted by molar-refractivity contribution is 0.620. The van der Waals surface area contributed by atoms with Crippen LogP contribution in [0.5, 0.6) is 0 Å². The molecule has 1 heterocycles. The van der Waals surface area contributed by atoms with E-state index in [4.69, 9.17) is 0 Å². The molecule has 12 heavy (non-hydrogen) atoms. The number of hydrogen-bond donors (Lipinski definition) is 1. The molecule has 1 rings (SSSR count). The molecule has 0 bridgehead atoms. The molecule has 1 N–H and O–H groups in total. The lowest BCUT2D eigenvalue weighted by atomic mass is 10.3. The zero-order valence-electron chi connectivity index (χ0n) is 6.94. The molecule has 0 amide bonds. The van der Waals surface area contributed by atoms with Gasteiger partial charge in [0.15, 0.2) is 11.6 Å². The second-order valence-electron chi connectivity index (χ2n) is 2.78. The van der Waals surface area contributed by atoms with Gasteiger partial charge in [-0.1, -0.05) is 0 Å². The molecular weight excluding hydrogens is 223 g/mol. The first-order valence-corrected chi connectivity index (χ1v) is 4.46. The predicted octanol–water partition coefficient (Wildman–Crippen LogP) is 2.80. The molecule has 1 aromatic heterocycles. The van der Waals surface area contributed by atoms with Crippen LogP contribution >= 0.6 is 15.9 Å². The summed E-state index contributed by atoms with van der Waals surface area (Å²) in [7, 11) is 0. The van der Waals surface area contributed by atoms with E-state index in [1.54, 1.807) is 6.20 Å². The molecule has 0 aliphatic heterocycles. The highest BCUT2D eigenvalue weighted by molar-refractivity contribution is 9.10. The Kier molecular flexibility index (Phi) is 3.03. The molecule has 0 fully saturated rings. The van der Waals surface area contributed by atoms with Gasteiger partial charge in [0.2, 0.25) is 0 Å². The lowest BCUT2D eigenvalue weighted by Crippen LogP contribution is -2.12. The van der Waals surface area contributed by atoms with E-state index in [0.717, 1.165) is 0 Å². The van der Waals surface area contributed by atoms with E-state index >= 15 is 0 Å². The van der Waals surface area contributed by atoms with Gasteiger partial charge in [0.25, 0.3) is 0 Å². The third kappa shape index (κ3) is 2.44. The lowest BCUT2D eigenvalue weighted by Gasteiger charge is -2.09. The van der Waals surface area contributed by atoms with Crippen molar-refractivity contribution in [1.82, 2.24) is 4.98 Å². The van der Waals surface area contributed by atoms with Crippen LogP contribution in [0.15, 0.2) is 16.7 Å². The van der Waals surface area contributed by atoms with Crippen LogP contribution in [0.3, 0.4) is 0 Å². The van der Waals surface area contributed by atoms with Gasteiger partial charge in [-0.2, -0.15) is 0 Å². The highest BCUT2D eigenvalue weighted by atomic mass is 79.9. The molecule has 0 aliphatic rings. The summed E-state index contributed by atoms with van der Waals surface area (Å²) >= 11 is 3.13. The van der Waals surface area contributed by atoms with Crippen LogP contribution in [0.4, 0.5) is 10.2 Å². The Balaban J connectivity index is 2.86. The van der Waals surface area contributed by atoms with Gasteiger partial charge in [-0.25, -0.2) is 9.37 Å². The van der Waals surface area contributed by atoms with Gasteiger partial charge in [-0.3, -0.25) is 0 Å². The number of nitrogens with zero attached hydrogens (tertiary/aromatic N) is 1. The van der Waals surface area contributed by atoms with Gasteiger partial charge < -0.3 is 5.32 Å². The largest absolute Gasteiger partial charge is 0.365 e. The first-order chi connectivity index (χ1) is 5.59. The summed E-state index contributed by atoms with van der Waals surface area (Å²) in [5, 5.41) is 2.89. The summed E-state index contributed by atoms with van der Waals surface area (Å²) < 4.78 is 13.7. The Morgan fingerprint density at radius 3 is 2.75 bits per heavy atom. The molecule has 0 saturated carbocycles. The zero-order valence-corrected chi connectivity index (χ0v) is 8.52. The molecule has 0 spiro atoms. The first kappa shape index (κ1) is 9.45. The quantitative estimate of drug-likeness (QED) is 0.849. The molecule has 66 valence electrons. The van der Waals surface area contributed by atoms with E-state index in [-0.39, 0.29) is 11.9 Å². The smallest absolute Gasteiger partial charge is 0.166 e. The topological polar surface area (TPSA) is 24.9 Å². The second-order valence-corrected chi connectivity index (χ2v) is 3.70. The normalized spacial score (nSPS) is 10.4. The van der Waals surface area contributed by atoms with E-state index in [2.05, 4.69) is 26.2 Å². The average Bonchev–Trinajstić information content (AvgIpc) is 1.94. The third-order valence-electron chi connectivity index (χ3n) is 1.23. The summed E-state index contributed by atoms with van der Waals surface area (Å²) in [6, 6.07) is 1.57. The van der Waals surface area contributed by atoms with Crippen molar-refractivity contribution in [3.63, 3.8) is 0 Å². The van der Waals surface area contributed by atoms with Crippen molar-refractivity contribution < 1.29 is 4.39 Å². The van der Waals surface area contributed by atoms with Crippen molar-refractivity contribution in [2.45, 2.75) is 19.9 Å². The molecular formula is C8H10BrFN2. The van der Waals surface area contributed by atoms with Gasteiger partial charge >= 0.3 is 0 Å². The highest BCUT2D eigenvalue weighted by Gasteiger charge is 2.04. The standard InChI is InChI=1S/C8H10BrFN2/c1-5(2)12-8-7(10)3-6(9)4-11-8/h3-5H,1-2H3,(H,11,12). The SMILES string of the molecule is CC(C)Nc1ncc(Br)cc1F. The number of aromatic nitrogens is 1. The Morgan fingerprint density at radius 2 is 2.25 bits per heavy atom. The Morgan fingerprint density at radius 1 is 1.58 bits per heavy atom. The summed E-state index contributed by atoms with van der Waals surface area (Å²) in [6.07, 6.45) is 1.56. The van der Waals surface area contributed by atoms with Gasteiger partial charge in [-0.15, -0.1) is 0 Å². The maximum absolute atomic E-state index is 13.1. The minimum absolute atomic E-state index is 0.188. The van der Waals surface area contributed by atoms with Gasteiger partial charge in [0.05, 0.1) is 0 Å². The molecule has 0 aliphatic carbocycles. The van der Waals surface area contributed by atoms with Crippen LogP contribution in [0.1, 0.15) is 13.8 Å². The van der Waals surface area contributed by atoms with E-state index in [1.807, 2.05) is 13.8 Å². The van der Waals surface area contributed by atoms with Crippen LogP contribution < -0.4 is 5.32 Å². The van der Waals surface area contributed by atoms with Crippen molar-refractivity contribution in [3.05, 3.63) is 22.6 Å². The number of anilines is 1. The van der Waals surface area contributed by atoms with Crippen molar-refractivity contribution >= 4 is 21.7 Å². The maximum Gasteiger partial charge on any atom is 0.166 e. The van der Waals surface area contributed by atoms with Crippen LogP contribution in [0, 0.1) is 5.82 Å². The summed E-state index contributed by atoms with van der Waals surface area (Å²) in [5.41, 5.74) is 0. The number of hydrogen-bond acceptors (Lipinski definition) is 2. The fourth-order valence-corrected chi connectivity index (χ4v) is 1.10. The third-order valence-corrected chi connectivity index (χ3v) is 1.67. The Bertz CT molecular complexity index is 276. The van der Waals surface area contributed by atoms with E-state index in [1.165, 1.54) is 6.07 Å². The Labute approximate surface area is 79.3 Å². The predicted molar refractivity (Wildman–Crippen MR) is 50.7 cm³/mol. The second kappa shape index (κ2) is 3.85. The van der Waals surface area contributed by atoms with Crippen LogP contribution in [0.2, 0.25) is 0 Å². The maximum atomic E-state index is 13.1. The average molecular weight is 233 g/mol. The highest BCUT2D eigenvalue weighted by Crippen LogP contribution is 2.16. The van der Waals surface area contributed by atoms with Crippen LogP contribution in [-0.2, 0) is 0 Å². The zero-order chi connectivity index (χ0) is 9.14. The summed E-state index contributed by atoms with van der Waals surface area (Å²) in [5.74, 6) is -0.0359. The van der Waals surface area contributed by atoms with Gasteiger partial charge in [0, 0.05) is 16.7 Å². The number of pyridine rings is 1. The Hall–Kier alpha value is -0.640. The van der Waals surface area contributed by atoms with E-state index in [0.29, 0.717) is 10.3 Å². The molecule has 0 atom stereocenters. The first-order valence-electron chi connectivity index (χ1n) is 3.67. The molecule has 2 nitrogen and oxygen atoms in total. The molecule has 0 unspecified atom stereocenters. The fourth-order valence-electron chi connectivity index (χ4n) is 0.794. The van der Waals surface area contributed by atoms with Crippen molar-refractivity contribution in [2.24, 2.45) is 0 Å². The van der Waals surface area contributed by atoms with Crippen LogP contribution in [-0.4, -0.2) is 11.0 Å². The number of nitrogens with one attached hydrogen (secondary N) is 1. The summed E-state index contributed by atoms with van der Waals surface area (Å²) in [4.78, 5) is 3.88. The number of rotatable bonds is 2. The van der Waals surface area contributed by atoms with Crippen LogP contribution in [0.25, 0.3) is 0 Å². The van der Waals surface area contributed by atoms with Gasteiger partial charge in [-0.05, 0) is 35.8 Å². The number of halogens is 2. The van der Waals surface area contributed by atoms with Crippen molar-refractivity contribution in [1.29, 1.82) is 0 Å².